The molecule has 0 spiro atoms. The Morgan fingerprint density at radius 3 is 2.68 bits per heavy atom. The highest BCUT2D eigenvalue weighted by atomic mass is 32.1. The predicted molar refractivity (Wildman–Crippen MR) is 84.6 cm³/mol. The van der Waals surface area contributed by atoms with Crippen molar-refractivity contribution in [2.75, 3.05) is 19.6 Å². The van der Waals surface area contributed by atoms with E-state index in [0.29, 0.717) is 0 Å². The van der Waals surface area contributed by atoms with Gasteiger partial charge in [0, 0.05) is 29.4 Å². The topological polar surface area (TPSA) is 15.3 Å². The highest BCUT2D eigenvalue weighted by Gasteiger charge is 2.20. The van der Waals surface area contributed by atoms with Crippen molar-refractivity contribution in [3.63, 3.8) is 0 Å². The first-order valence-corrected chi connectivity index (χ1v) is 8.64. The molecule has 0 aromatic carbocycles. The highest BCUT2D eigenvalue weighted by molar-refractivity contribution is 7.11. The maximum absolute atomic E-state index is 3.48. The van der Waals surface area contributed by atoms with Gasteiger partial charge in [-0.05, 0) is 50.4 Å². The Hall–Kier alpha value is -0.380. The standard InChI is InChI=1S/C16H28N2S/c1-3-10-17-11-15-8-9-16(19-15)13-18(4-2)12-14-6-5-7-14/h8-9,14,17H,3-7,10-13H2,1-2H3. The molecule has 1 heterocycles. The Labute approximate surface area is 122 Å². The molecule has 0 atom stereocenters. The van der Waals surface area contributed by atoms with Crippen LogP contribution in [-0.4, -0.2) is 24.5 Å². The van der Waals surface area contributed by atoms with E-state index in [1.54, 1.807) is 0 Å². The summed E-state index contributed by atoms with van der Waals surface area (Å²) in [6.45, 7) is 10.3. The minimum atomic E-state index is 0.977. The molecule has 0 radical (unpaired) electrons. The number of nitrogens with zero attached hydrogens (tertiary/aromatic N) is 1. The van der Waals surface area contributed by atoms with Gasteiger partial charge in [0.1, 0.15) is 0 Å². The fourth-order valence-corrected chi connectivity index (χ4v) is 3.59. The largest absolute Gasteiger partial charge is 0.312 e. The predicted octanol–water partition coefficient (Wildman–Crippen LogP) is 3.87. The van der Waals surface area contributed by atoms with Gasteiger partial charge in [0.25, 0.3) is 0 Å². The SMILES string of the molecule is CCCNCc1ccc(CN(CC)CC2CCC2)s1. The normalized spacial score (nSPS) is 15.9. The number of hydrogen-bond acceptors (Lipinski definition) is 3. The van der Waals surface area contributed by atoms with Gasteiger partial charge in [-0.1, -0.05) is 20.3 Å². The second-order valence-electron chi connectivity index (χ2n) is 5.67. The van der Waals surface area contributed by atoms with Gasteiger partial charge in [-0.3, -0.25) is 4.90 Å². The van der Waals surface area contributed by atoms with Crippen molar-refractivity contribution in [3.05, 3.63) is 21.9 Å². The summed E-state index contributed by atoms with van der Waals surface area (Å²) < 4.78 is 0. The molecule has 0 aliphatic heterocycles. The van der Waals surface area contributed by atoms with Gasteiger partial charge in [0.15, 0.2) is 0 Å². The molecule has 1 fully saturated rings. The zero-order valence-electron chi connectivity index (χ0n) is 12.5. The third-order valence-electron chi connectivity index (χ3n) is 4.01. The van der Waals surface area contributed by atoms with E-state index >= 15 is 0 Å². The first-order valence-electron chi connectivity index (χ1n) is 7.82. The zero-order chi connectivity index (χ0) is 13.5. The number of hydrogen-bond donors (Lipinski definition) is 1. The molecule has 108 valence electrons. The monoisotopic (exact) mass is 280 g/mol. The second-order valence-corrected chi connectivity index (χ2v) is 6.92. The molecule has 3 heteroatoms. The van der Waals surface area contributed by atoms with Crippen molar-refractivity contribution in [1.82, 2.24) is 10.2 Å². The minimum absolute atomic E-state index is 0.977. The van der Waals surface area contributed by atoms with Crippen molar-refractivity contribution >= 4 is 11.3 Å². The van der Waals surface area contributed by atoms with Crippen molar-refractivity contribution < 1.29 is 0 Å². The first kappa shape index (κ1) is 15.0. The smallest absolute Gasteiger partial charge is 0.0328 e. The first-order chi connectivity index (χ1) is 9.31. The quantitative estimate of drug-likeness (QED) is 0.691. The molecule has 0 amide bonds. The Bertz CT molecular complexity index is 357. The molecular formula is C16H28N2S. The van der Waals surface area contributed by atoms with Crippen LogP contribution in [0.2, 0.25) is 0 Å². The summed E-state index contributed by atoms with van der Waals surface area (Å²) in [7, 11) is 0. The Kier molecular flexibility index (Phi) is 6.35. The van der Waals surface area contributed by atoms with E-state index in [1.807, 2.05) is 11.3 Å². The molecular weight excluding hydrogens is 252 g/mol. The van der Waals surface area contributed by atoms with Crippen molar-refractivity contribution in [1.29, 1.82) is 0 Å². The van der Waals surface area contributed by atoms with E-state index in [4.69, 9.17) is 0 Å². The van der Waals surface area contributed by atoms with Crippen LogP contribution in [0.25, 0.3) is 0 Å². The molecule has 1 aliphatic rings. The average Bonchev–Trinajstić information content (AvgIpc) is 2.80. The molecule has 0 unspecified atom stereocenters. The summed E-state index contributed by atoms with van der Waals surface area (Å²) >= 11 is 1.98. The van der Waals surface area contributed by atoms with Crippen LogP contribution in [0.15, 0.2) is 12.1 Å². The Morgan fingerprint density at radius 2 is 2.05 bits per heavy atom. The summed E-state index contributed by atoms with van der Waals surface area (Å²) in [5, 5.41) is 3.48. The molecule has 2 nitrogen and oxygen atoms in total. The van der Waals surface area contributed by atoms with E-state index in [-0.39, 0.29) is 0 Å². The fourth-order valence-electron chi connectivity index (χ4n) is 2.56. The minimum Gasteiger partial charge on any atom is -0.312 e. The summed E-state index contributed by atoms with van der Waals surface area (Å²) in [6.07, 6.45) is 5.57. The molecule has 1 N–H and O–H groups in total. The molecule has 1 aromatic rings. The lowest BCUT2D eigenvalue weighted by molar-refractivity contribution is 0.179. The van der Waals surface area contributed by atoms with Gasteiger partial charge in [-0.25, -0.2) is 0 Å². The maximum Gasteiger partial charge on any atom is 0.0328 e. The zero-order valence-corrected chi connectivity index (χ0v) is 13.3. The van der Waals surface area contributed by atoms with E-state index in [9.17, 15) is 0 Å². The lowest BCUT2D eigenvalue weighted by atomic mass is 9.85. The van der Waals surface area contributed by atoms with Gasteiger partial charge < -0.3 is 5.32 Å². The van der Waals surface area contributed by atoms with Crippen LogP contribution in [0.4, 0.5) is 0 Å². The van der Waals surface area contributed by atoms with Gasteiger partial charge in [0.2, 0.25) is 0 Å². The van der Waals surface area contributed by atoms with Crippen molar-refractivity contribution in [3.8, 4) is 0 Å². The molecule has 1 saturated carbocycles. The van der Waals surface area contributed by atoms with E-state index in [2.05, 4.69) is 36.2 Å². The van der Waals surface area contributed by atoms with Crippen molar-refractivity contribution in [2.45, 2.75) is 52.6 Å². The Morgan fingerprint density at radius 1 is 1.26 bits per heavy atom. The van der Waals surface area contributed by atoms with Crippen LogP contribution in [0.1, 0.15) is 49.3 Å². The van der Waals surface area contributed by atoms with Crippen LogP contribution >= 0.6 is 11.3 Å². The average molecular weight is 280 g/mol. The van der Waals surface area contributed by atoms with Gasteiger partial charge in [0.05, 0.1) is 0 Å². The fraction of sp³-hybridized carbons (Fsp3) is 0.750. The second kappa shape index (κ2) is 8.03. The Balaban J connectivity index is 1.76. The molecule has 19 heavy (non-hydrogen) atoms. The van der Waals surface area contributed by atoms with Crippen LogP contribution in [0, 0.1) is 5.92 Å². The van der Waals surface area contributed by atoms with Crippen LogP contribution in [0.3, 0.4) is 0 Å². The van der Waals surface area contributed by atoms with Crippen LogP contribution in [-0.2, 0) is 13.1 Å². The lowest BCUT2D eigenvalue weighted by Crippen LogP contribution is -2.31. The molecule has 0 saturated heterocycles. The third kappa shape index (κ3) is 4.90. The van der Waals surface area contributed by atoms with Crippen LogP contribution < -0.4 is 5.32 Å². The third-order valence-corrected chi connectivity index (χ3v) is 5.08. The lowest BCUT2D eigenvalue weighted by Gasteiger charge is -2.31. The molecule has 1 aliphatic carbocycles. The molecule has 1 aromatic heterocycles. The molecule has 0 bridgehead atoms. The highest BCUT2D eigenvalue weighted by Crippen LogP contribution is 2.28. The molecule has 2 rings (SSSR count). The van der Waals surface area contributed by atoms with Gasteiger partial charge in [-0.15, -0.1) is 11.3 Å². The summed E-state index contributed by atoms with van der Waals surface area (Å²) in [6, 6.07) is 4.61. The summed E-state index contributed by atoms with van der Waals surface area (Å²) in [5.41, 5.74) is 0. The van der Waals surface area contributed by atoms with E-state index in [0.717, 1.165) is 25.6 Å². The van der Waals surface area contributed by atoms with Gasteiger partial charge >= 0.3 is 0 Å². The summed E-state index contributed by atoms with van der Waals surface area (Å²) in [4.78, 5) is 5.61. The number of thiophene rings is 1. The van der Waals surface area contributed by atoms with Crippen LogP contribution in [0.5, 0.6) is 0 Å². The maximum atomic E-state index is 3.48. The van der Waals surface area contributed by atoms with Gasteiger partial charge in [-0.2, -0.15) is 0 Å². The summed E-state index contributed by atoms with van der Waals surface area (Å²) in [5.74, 6) is 0.977. The van der Waals surface area contributed by atoms with Crippen molar-refractivity contribution in [2.24, 2.45) is 5.92 Å². The van der Waals surface area contributed by atoms with E-state index < -0.39 is 0 Å². The van der Waals surface area contributed by atoms with E-state index in [1.165, 1.54) is 48.5 Å². The number of nitrogens with one attached hydrogen (secondary N) is 1. The number of rotatable bonds is 9.